The molecule has 0 aliphatic heterocycles. The Bertz CT molecular complexity index is 2760. The zero-order valence-corrected chi connectivity index (χ0v) is 27.0. The van der Waals surface area contributed by atoms with Crippen LogP contribution >= 0.6 is 22.7 Å². The van der Waals surface area contributed by atoms with E-state index in [0.717, 1.165) is 0 Å². The van der Waals surface area contributed by atoms with Gasteiger partial charge in [0, 0.05) is 41.3 Å². The number of para-hydroxylation sites is 2. The molecule has 0 atom stereocenters. The summed E-state index contributed by atoms with van der Waals surface area (Å²) < 4.78 is 7.78. The lowest BCUT2D eigenvalue weighted by Gasteiger charge is -2.09. The van der Waals surface area contributed by atoms with Gasteiger partial charge in [-0.05, 0) is 63.7 Å². The van der Waals surface area contributed by atoms with Gasteiger partial charge in [0.15, 0.2) is 0 Å². The van der Waals surface area contributed by atoms with Crippen LogP contribution in [0.2, 0.25) is 0 Å². The zero-order chi connectivity index (χ0) is 30.9. The highest BCUT2D eigenvalue weighted by Gasteiger charge is 2.19. The summed E-state index contributed by atoms with van der Waals surface area (Å²) in [6.45, 7) is 0. The van der Waals surface area contributed by atoms with Gasteiger partial charge in [-0.3, -0.25) is 0 Å². The fraction of sp³-hybridized carbons (Fsp3) is 0. The first-order valence-corrected chi connectivity index (χ1v) is 17.6. The molecule has 1 nitrogen and oxygen atoms in total. The molecule has 0 aliphatic carbocycles. The second-order valence-corrected chi connectivity index (χ2v) is 14.2. The Labute approximate surface area is 280 Å². The highest BCUT2D eigenvalue weighted by molar-refractivity contribution is 7.27. The maximum absolute atomic E-state index is 2.44. The standard InChI is InChI=1S/C44H27NS2/c1-3-11-28(12-4-1)31-25-26-40-38(27-31)35-18-9-16-33(42(35)46-40)29-21-23-30(24-22-29)34-17-10-19-37-41-44(47-43(34)37)36-15-7-8-20-39(36)45(41)32-13-5-2-6-14-32/h1-27H. The van der Waals surface area contributed by atoms with Crippen molar-refractivity contribution in [2.45, 2.75) is 0 Å². The first-order valence-electron chi connectivity index (χ1n) is 15.9. The van der Waals surface area contributed by atoms with E-state index in [1.807, 2.05) is 22.7 Å². The van der Waals surface area contributed by atoms with Crippen LogP contribution < -0.4 is 0 Å². The molecule has 0 amide bonds. The number of thiophene rings is 2. The summed E-state index contributed by atoms with van der Waals surface area (Å²) in [5, 5.41) is 5.26. The second kappa shape index (κ2) is 10.5. The fourth-order valence-corrected chi connectivity index (χ4v) is 9.80. The Morgan fingerprint density at radius 2 is 0.957 bits per heavy atom. The minimum atomic E-state index is 1.19. The molecule has 3 heteroatoms. The molecule has 0 saturated carbocycles. The van der Waals surface area contributed by atoms with Crippen molar-refractivity contribution in [1.29, 1.82) is 0 Å². The molecule has 10 aromatic rings. The van der Waals surface area contributed by atoms with Crippen LogP contribution in [0.4, 0.5) is 0 Å². The molecular formula is C44H27NS2. The van der Waals surface area contributed by atoms with Crippen LogP contribution in [0, 0.1) is 0 Å². The van der Waals surface area contributed by atoms with Crippen molar-refractivity contribution in [3.05, 3.63) is 164 Å². The number of hydrogen-bond donors (Lipinski definition) is 0. The zero-order valence-electron chi connectivity index (χ0n) is 25.4. The number of aromatic nitrogens is 1. The van der Waals surface area contributed by atoms with Crippen LogP contribution in [0.3, 0.4) is 0 Å². The van der Waals surface area contributed by atoms with Gasteiger partial charge in [0.05, 0.1) is 15.7 Å². The van der Waals surface area contributed by atoms with Crippen molar-refractivity contribution in [2.75, 3.05) is 0 Å². The molecule has 0 unspecified atom stereocenters. The van der Waals surface area contributed by atoms with Crippen LogP contribution in [0.5, 0.6) is 0 Å². The summed E-state index contributed by atoms with van der Waals surface area (Å²) in [5.74, 6) is 0. The largest absolute Gasteiger partial charge is 0.308 e. The van der Waals surface area contributed by atoms with Gasteiger partial charge in [-0.15, -0.1) is 22.7 Å². The monoisotopic (exact) mass is 633 g/mol. The minimum Gasteiger partial charge on any atom is -0.308 e. The third kappa shape index (κ3) is 4.14. The van der Waals surface area contributed by atoms with Crippen molar-refractivity contribution in [1.82, 2.24) is 4.57 Å². The molecular weight excluding hydrogens is 607 g/mol. The topological polar surface area (TPSA) is 4.93 Å². The van der Waals surface area contributed by atoms with Crippen LogP contribution in [0.15, 0.2) is 164 Å². The number of rotatable bonds is 4. The summed E-state index contributed by atoms with van der Waals surface area (Å²) in [5.41, 5.74) is 11.3. The Morgan fingerprint density at radius 1 is 0.362 bits per heavy atom. The lowest BCUT2D eigenvalue weighted by atomic mass is 9.98. The van der Waals surface area contributed by atoms with E-state index in [2.05, 4.69) is 168 Å². The van der Waals surface area contributed by atoms with Crippen LogP contribution in [0.1, 0.15) is 0 Å². The lowest BCUT2D eigenvalue weighted by molar-refractivity contribution is 1.19. The molecule has 0 radical (unpaired) electrons. The number of nitrogens with zero attached hydrogens (tertiary/aromatic N) is 1. The van der Waals surface area contributed by atoms with E-state index in [-0.39, 0.29) is 0 Å². The van der Waals surface area contributed by atoms with Gasteiger partial charge >= 0.3 is 0 Å². The SMILES string of the molecule is c1ccc(-c2ccc3sc4c(-c5ccc(-c6cccc7c6sc6c8ccccc8n(-c8ccccc8)c76)cc5)cccc4c3c2)cc1. The summed E-state index contributed by atoms with van der Waals surface area (Å²) in [7, 11) is 0. The van der Waals surface area contributed by atoms with Gasteiger partial charge in [-0.1, -0.05) is 133 Å². The van der Waals surface area contributed by atoms with Gasteiger partial charge in [0.1, 0.15) is 0 Å². The van der Waals surface area contributed by atoms with Crippen molar-refractivity contribution in [3.63, 3.8) is 0 Å². The summed E-state index contributed by atoms with van der Waals surface area (Å²) in [6.07, 6.45) is 0. The van der Waals surface area contributed by atoms with Crippen LogP contribution in [-0.4, -0.2) is 4.57 Å². The Morgan fingerprint density at radius 3 is 1.70 bits per heavy atom. The molecule has 47 heavy (non-hydrogen) atoms. The van der Waals surface area contributed by atoms with E-state index < -0.39 is 0 Å². The molecule has 7 aromatic carbocycles. The smallest absolute Gasteiger partial charge is 0.0727 e. The highest BCUT2D eigenvalue weighted by Crippen LogP contribution is 2.46. The lowest BCUT2D eigenvalue weighted by Crippen LogP contribution is -1.92. The third-order valence-electron chi connectivity index (χ3n) is 9.43. The van der Waals surface area contributed by atoms with E-state index in [0.29, 0.717) is 0 Å². The Hall–Kier alpha value is -5.48. The second-order valence-electron chi connectivity index (χ2n) is 12.1. The fourth-order valence-electron chi connectivity index (χ4n) is 7.23. The Balaban J connectivity index is 1.09. The molecule has 0 N–H and O–H groups in total. The molecule has 10 rings (SSSR count). The Kier molecular flexibility index (Phi) is 5.98. The molecule has 220 valence electrons. The summed E-state index contributed by atoms with van der Waals surface area (Å²) >= 11 is 3.81. The quantitative estimate of drug-likeness (QED) is 0.182. The maximum Gasteiger partial charge on any atom is 0.0727 e. The molecule has 0 spiro atoms. The van der Waals surface area contributed by atoms with Gasteiger partial charge in [0.2, 0.25) is 0 Å². The summed E-state index contributed by atoms with van der Waals surface area (Å²) in [4.78, 5) is 0. The van der Waals surface area contributed by atoms with Crippen molar-refractivity contribution in [3.8, 4) is 39.1 Å². The maximum atomic E-state index is 2.44. The number of hydrogen-bond acceptors (Lipinski definition) is 2. The van der Waals surface area contributed by atoms with Crippen LogP contribution in [-0.2, 0) is 0 Å². The predicted octanol–water partition coefficient (Wildman–Crippen LogP) is 13.4. The molecule has 0 saturated heterocycles. The van der Waals surface area contributed by atoms with Gasteiger partial charge in [-0.2, -0.15) is 0 Å². The first kappa shape index (κ1) is 26.7. The third-order valence-corrected chi connectivity index (χ3v) is 11.9. The first-order chi connectivity index (χ1) is 23.3. The van der Waals surface area contributed by atoms with E-state index >= 15 is 0 Å². The minimum absolute atomic E-state index is 1.19. The van der Waals surface area contributed by atoms with Gasteiger partial charge in [-0.25, -0.2) is 0 Å². The predicted molar refractivity (Wildman–Crippen MR) is 205 cm³/mol. The van der Waals surface area contributed by atoms with E-state index in [4.69, 9.17) is 0 Å². The number of benzene rings is 7. The summed E-state index contributed by atoms with van der Waals surface area (Å²) in [6, 6.07) is 59.8. The normalized spacial score (nSPS) is 11.8. The highest BCUT2D eigenvalue weighted by atomic mass is 32.1. The molecule has 0 fully saturated rings. The molecule has 0 aliphatic rings. The average molecular weight is 634 g/mol. The van der Waals surface area contributed by atoms with Crippen molar-refractivity contribution >= 4 is 74.1 Å². The van der Waals surface area contributed by atoms with Crippen molar-refractivity contribution < 1.29 is 0 Å². The van der Waals surface area contributed by atoms with E-state index in [1.54, 1.807) is 0 Å². The molecule has 3 aromatic heterocycles. The average Bonchev–Trinajstić information content (AvgIpc) is 3.81. The molecule has 0 bridgehead atoms. The van der Waals surface area contributed by atoms with E-state index in [1.165, 1.54) is 90.4 Å². The van der Waals surface area contributed by atoms with Crippen molar-refractivity contribution in [2.24, 2.45) is 0 Å². The van der Waals surface area contributed by atoms with E-state index in [9.17, 15) is 0 Å². The van der Waals surface area contributed by atoms with Gasteiger partial charge in [0.25, 0.3) is 0 Å². The molecule has 3 heterocycles. The van der Waals surface area contributed by atoms with Crippen LogP contribution in [0.25, 0.3) is 90.4 Å². The number of fused-ring (bicyclic) bond motifs is 8. The van der Waals surface area contributed by atoms with Gasteiger partial charge < -0.3 is 4.57 Å².